The summed E-state index contributed by atoms with van der Waals surface area (Å²) in [6.07, 6.45) is 33.9. The summed E-state index contributed by atoms with van der Waals surface area (Å²) in [5.74, 6) is -0.472. The second kappa shape index (κ2) is 35.6. The second-order valence-electron chi connectivity index (χ2n) is 15.5. The van der Waals surface area contributed by atoms with Gasteiger partial charge in [-0.2, -0.15) is 0 Å². The van der Waals surface area contributed by atoms with Gasteiger partial charge in [0, 0.05) is 19.0 Å². The Morgan fingerprint density at radius 1 is 0.571 bits per heavy atom. The molecule has 0 fully saturated rings. The van der Waals surface area contributed by atoms with Crippen LogP contribution in [0.15, 0.2) is 0 Å². The van der Waals surface area contributed by atoms with Crippen LogP contribution in [-0.2, 0) is 23.6 Å². The van der Waals surface area contributed by atoms with Gasteiger partial charge in [0.15, 0.2) is 8.38 Å². The second-order valence-corrected chi connectivity index (χ2v) is 16.9. The van der Waals surface area contributed by atoms with E-state index in [9.17, 15) is 14.5 Å². The number of rotatable bonds is 38. The summed E-state index contributed by atoms with van der Waals surface area (Å²) in [6, 6.07) is 0. The molecule has 0 spiro atoms. The molecule has 0 aromatic heterocycles. The van der Waals surface area contributed by atoms with Crippen LogP contribution in [0.2, 0.25) is 0 Å². The van der Waals surface area contributed by atoms with E-state index in [0.29, 0.717) is 32.0 Å². The van der Waals surface area contributed by atoms with E-state index in [1.807, 2.05) is 0 Å². The summed E-state index contributed by atoms with van der Waals surface area (Å²) in [4.78, 5) is 35.6. The van der Waals surface area contributed by atoms with Crippen LogP contribution in [0.4, 0.5) is 0 Å². The molecule has 2 unspecified atom stereocenters. The summed E-state index contributed by atoms with van der Waals surface area (Å²) in [5, 5.41) is 0. The van der Waals surface area contributed by atoms with Crippen LogP contribution in [0, 0.1) is 0 Å². The van der Waals surface area contributed by atoms with Crippen LogP contribution in [0.25, 0.3) is 0 Å². The molecule has 0 radical (unpaired) electrons. The number of hydrogen-bond donors (Lipinski definition) is 1. The van der Waals surface area contributed by atoms with Crippen LogP contribution in [0.3, 0.4) is 0 Å². The van der Waals surface area contributed by atoms with Crippen molar-refractivity contribution < 1.29 is 33.0 Å². The molecule has 0 saturated heterocycles. The minimum absolute atomic E-state index is 0.0453. The Hall–Kier alpha value is -0.750. The summed E-state index contributed by atoms with van der Waals surface area (Å²) in [7, 11) is 4.65. The number of esters is 2. The fraction of sp³-hybridized carbons (Fsp3) is 0.951. The molecule has 1 N–H and O–H groups in total. The summed E-state index contributed by atoms with van der Waals surface area (Å²) < 4.78 is 17.7. The minimum Gasteiger partial charge on any atom is -0.462 e. The predicted molar refractivity (Wildman–Crippen MR) is 209 cm³/mol. The van der Waals surface area contributed by atoms with Crippen molar-refractivity contribution in [2.45, 2.75) is 206 Å². The Labute approximate surface area is 305 Å². The van der Waals surface area contributed by atoms with Crippen LogP contribution < -0.4 is 0 Å². The lowest BCUT2D eigenvalue weighted by atomic mass is 10.0. The van der Waals surface area contributed by atoms with Crippen molar-refractivity contribution in [2.24, 2.45) is 0 Å². The van der Waals surface area contributed by atoms with Crippen LogP contribution in [0.1, 0.15) is 200 Å². The Bertz CT molecular complexity index is 731. The molecule has 0 aliphatic rings. The van der Waals surface area contributed by atoms with E-state index in [0.717, 1.165) is 49.6 Å². The molecule has 0 rings (SSSR count). The molecule has 0 amide bonds. The highest BCUT2D eigenvalue weighted by atomic mass is 31.2. The molecular weight excluding hydrogens is 633 g/mol. The van der Waals surface area contributed by atoms with Gasteiger partial charge in [0.25, 0.3) is 0 Å². The molecule has 0 bridgehead atoms. The molecule has 49 heavy (non-hydrogen) atoms. The van der Waals surface area contributed by atoms with Gasteiger partial charge in [-0.15, -0.1) is 0 Å². The smallest absolute Gasteiger partial charge is 0.306 e. The van der Waals surface area contributed by atoms with Gasteiger partial charge in [0.1, 0.15) is 25.9 Å². The molecule has 292 valence electrons. The minimum atomic E-state index is -1.61. The third kappa shape index (κ3) is 38.3. The molecule has 7 nitrogen and oxygen atoms in total. The van der Waals surface area contributed by atoms with E-state index in [1.165, 1.54) is 128 Å². The van der Waals surface area contributed by atoms with Crippen molar-refractivity contribution in [3.63, 3.8) is 0 Å². The number of nitrogens with zero attached hydrogens (tertiary/aromatic N) is 1. The Morgan fingerprint density at radius 3 is 1.33 bits per heavy atom. The van der Waals surface area contributed by atoms with Gasteiger partial charge in [0.05, 0.1) is 21.1 Å². The number of hydrogen-bond acceptors (Lipinski definition) is 6. The molecule has 0 saturated carbocycles. The molecule has 2 atom stereocenters. The molecular formula is C41H83NO6P+. The number of unbranched alkanes of at least 4 members (excludes halogenated alkanes) is 24. The third-order valence-corrected chi connectivity index (χ3v) is 10.5. The van der Waals surface area contributed by atoms with E-state index < -0.39 is 14.5 Å². The van der Waals surface area contributed by atoms with E-state index in [-0.39, 0.29) is 18.5 Å². The number of carbonyl (C=O) groups excluding carboxylic acids is 2. The van der Waals surface area contributed by atoms with Gasteiger partial charge in [0.2, 0.25) is 0 Å². The van der Waals surface area contributed by atoms with Crippen LogP contribution in [0.5, 0.6) is 0 Å². The summed E-state index contributed by atoms with van der Waals surface area (Å²) >= 11 is 0. The molecule has 0 aromatic rings. The Kier molecular flexibility index (Phi) is 35.1. The quantitative estimate of drug-likeness (QED) is 0.0296. The molecule has 0 aliphatic carbocycles. The number of carbonyl (C=O) groups is 2. The van der Waals surface area contributed by atoms with E-state index in [2.05, 4.69) is 35.0 Å². The van der Waals surface area contributed by atoms with Gasteiger partial charge in [-0.25, -0.2) is 0 Å². The molecule has 8 heteroatoms. The van der Waals surface area contributed by atoms with E-state index in [4.69, 9.17) is 14.0 Å². The highest BCUT2D eigenvalue weighted by molar-refractivity contribution is 7.46. The number of quaternary nitrogens is 1. The van der Waals surface area contributed by atoms with Gasteiger partial charge in [-0.1, -0.05) is 168 Å². The zero-order chi connectivity index (χ0) is 36.3. The van der Waals surface area contributed by atoms with Gasteiger partial charge < -0.3 is 23.4 Å². The first-order valence-electron chi connectivity index (χ1n) is 20.9. The van der Waals surface area contributed by atoms with Crippen molar-refractivity contribution in [3.05, 3.63) is 0 Å². The SMILES string of the molecule is CCCCCCCCCCCCCCCC(=O)OCC(CCP(O)OCC[N+](C)(C)C)OC(=O)CCCCCCCCCCCCCCC. The third-order valence-electron chi connectivity index (χ3n) is 9.34. The van der Waals surface area contributed by atoms with Crippen LogP contribution in [-0.4, -0.2) is 74.5 Å². The highest BCUT2D eigenvalue weighted by Crippen LogP contribution is 2.33. The first kappa shape index (κ1) is 48.2. The monoisotopic (exact) mass is 717 g/mol. The lowest BCUT2D eigenvalue weighted by molar-refractivity contribution is -0.870. The zero-order valence-electron chi connectivity index (χ0n) is 33.3. The normalized spacial score (nSPS) is 13.0. The molecule has 0 aromatic carbocycles. The topological polar surface area (TPSA) is 82.1 Å². The van der Waals surface area contributed by atoms with Crippen molar-refractivity contribution >= 4 is 20.3 Å². The maximum Gasteiger partial charge on any atom is 0.306 e. The van der Waals surface area contributed by atoms with Crippen LogP contribution >= 0.6 is 8.38 Å². The first-order valence-corrected chi connectivity index (χ1v) is 22.3. The first-order chi connectivity index (χ1) is 23.7. The maximum absolute atomic E-state index is 12.7. The highest BCUT2D eigenvalue weighted by Gasteiger charge is 2.20. The van der Waals surface area contributed by atoms with Gasteiger partial charge in [-0.05, 0) is 19.3 Å². The molecule has 0 aliphatic heterocycles. The van der Waals surface area contributed by atoms with Gasteiger partial charge in [-0.3, -0.25) is 9.59 Å². The van der Waals surface area contributed by atoms with E-state index >= 15 is 0 Å². The van der Waals surface area contributed by atoms with Crippen molar-refractivity contribution in [3.8, 4) is 0 Å². The fourth-order valence-corrected chi connectivity index (χ4v) is 6.92. The maximum atomic E-state index is 12.7. The predicted octanol–water partition coefficient (Wildman–Crippen LogP) is 11.8. The fourth-order valence-electron chi connectivity index (χ4n) is 5.99. The summed E-state index contributed by atoms with van der Waals surface area (Å²) in [6.45, 7) is 5.85. The zero-order valence-corrected chi connectivity index (χ0v) is 34.2. The lowest BCUT2D eigenvalue weighted by Gasteiger charge is -2.24. The van der Waals surface area contributed by atoms with Gasteiger partial charge >= 0.3 is 11.9 Å². The largest absolute Gasteiger partial charge is 0.462 e. The number of ether oxygens (including phenoxy) is 2. The van der Waals surface area contributed by atoms with Crippen molar-refractivity contribution in [1.82, 2.24) is 0 Å². The average molecular weight is 717 g/mol. The average Bonchev–Trinajstić information content (AvgIpc) is 3.06. The molecule has 0 heterocycles. The lowest BCUT2D eigenvalue weighted by Crippen LogP contribution is -2.37. The Morgan fingerprint density at radius 2 is 0.939 bits per heavy atom. The van der Waals surface area contributed by atoms with Crippen molar-refractivity contribution in [2.75, 3.05) is 47.1 Å². The standard InChI is InChI=1S/C41H83NO6P/c1-6-8-10-12-14-16-18-20-22-24-26-28-30-32-40(43)46-38-39(34-37-49(45)47-36-35-42(3,4)5)48-41(44)33-31-29-27-25-23-21-19-17-15-13-11-9-7-2/h39,45H,6-38H2,1-5H3/q+1. The number of likely N-dealkylation sites (N-methyl/N-ethyl adjacent to an activating group) is 1. The van der Waals surface area contributed by atoms with Crippen molar-refractivity contribution in [1.29, 1.82) is 0 Å². The summed E-state index contributed by atoms with van der Waals surface area (Å²) in [5.41, 5.74) is 0. The Balaban J connectivity index is 4.24. The van der Waals surface area contributed by atoms with E-state index in [1.54, 1.807) is 0 Å².